The molecular weight excluding hydrogens is 293 g/mol. The van der Waals surface area contributed by atoms with E-state index in [0.29, 0.717) is 21.5 Å². The van der Waals surface area contributed by atoms with Crippen molar-refractivity contribution in [1.29, 1.82) is 0 Å². The standard InChI is InChI=1S/C11H13BrClNO2/c1-2-8(6-15)14-11(16)9-4-3-7(13)5-10(9)12/h3-5,8,15H,2,6H2,1H3,(H,14,16)/t8-/m0/s1. The minimum atomic E-state index is -0.218. The molecule has 16 heavy (non-hydrogen) atoms. The maximum atomic E-state index is 11.8. The molecule has 1 rings (SSSR count). The van der Waals surface area contributed by atoms with Crippen LogP contribution in [0.1, 0.15) is 23.7 Å². The lowest BCUT2D eigenvalue weighted by atomic mass is 10.2. The number of amides is 1. The summed E-state index contributed by atoms with van der Waals surface area (Å²) >= 11 is 9.05. The lowest BCUT2D eigenvalue weighted by molar-refractivity contribution is 0.0914. The molecule has 5 heteroatoms. The van der Waals surface area contributed by atoms with Crippen molar-refractivity contribution in [3.63, 3.8) is 0 Å². The summed E-state index contributed by atoms with van der Waals surface area (Å²) in [6.45, 7) is 1.84. The van der Waals surface area contributed by atoms with Gasteiger partial charge in [0.05, 0.1) is 18.2 Å². The molecule has 0 saturated heterocycles. The lowest BCUT2D eigenvalue weighted by Gasteiger charge is -2.14. The fourth-order valence-electron chi connectivity index (χ4n) is 1.21. The number of aliphatic hydroxyl groups is 1. The minimum absolute atomic E-state index is 0.0621. The van der Waals surface area contributed by atoms with E-state index in [2.05, 4.69) is 21.2 Å². The highest BCUT2D eigenvalue weighted by atomic mass is 79.9. The smallest absolute Gasteiger partial charge is 0.252 e. The molecule has 1 aromatic rings. The summed E-state index contributed by atoms with van der Waals surface area (Å²) in [5, 5.41) is 12.3. The largest absolute Gasteiger partial charge is 0.394 e. The van der Waals surface area contributed by atoms with E-state index in [0.717, 1.165) is 0 Å². The van der Waals surface area contributed by atoms with Crippen LogP contribution in [-0.4, -0.2) is 23.7 Å². The summed E-state index contributed by atoms with van der Waals surface area (Å²) in [4.78, 5) is 11.8. The van der Waals surface area contributed by atoms with E-state index in [9.17, 15) is 4.79 Å². The normalized spacial score (nSPS) is 12.2. The topological polar surface area (TPSA) is 49.3 Å². The number of carbonyl (C=O) groups excluding carboxylic acids is 1. The second-order valence-corrected chi connectivity index (χ2v) is 4.68. The first-order valence-corrected chi connectivity index (χ1v) is 6.12. The van der Waals surface area contributed by atoms with Crippen molar-refractivity contribution in [3.8, 4) is 0 Å². The van der Waals surface area contributed by atoms with Gasteiger partial charge in [-0.15, -0.1) is 0 Å². The third-order valence-electron chi connectivity index (χ3n) is 2.22. The molecule has 1 amide bonds. The van der Waals surface area contributed by atoms with Gasteiger partial charge in [0.25, 0.3) is 5.91 Å². The van der Waals surface area contributed by atoms with E-state index in [4.69, 9.17) is 16.7 Å². The van der Waals surface area contributed by atoms with Crippen molar-refractivity contribution < 1.29 is 9.90 Å². The molecule has 0 fully saturated rings. The van der Waals surface area contributed by atoms with E-state index in [-0.39, 0.29) is 18.6 Å². The number of hydrogen-bond donors (Lipinski definition) is 2. The van der Waals surface area contributed by atoms with Gasteiger partial charge in [0.1, 0.15) is 0 Å². The van der Waals surface area contributed by atoms with E-state index >= 15 is 0 Å². The number of hydrogen-bond acceptors (Lipinski definition) is 2. The molecule has 1 aromatic carbocycles. The second kappa shape index (κ2) is 6.23. The van der Waals surface area contributed by atoms with Gasteiger partial charge < -0.3 is 10.4 Å². The van der Waals surface area contributed by atoms with Crippen molar-refractivity contribution in [1.82, 2.24) is 5.32 Å². The molecule has 0 aliphatic rings. The predicted octanol–water partition coefficient (Wildman–Crippen LogP) is 2.60. The fraction of sp³-hybridized carbons (Fsp3) is 0.364. The van der Waals surface area contributed by atoms with Gasteiger partial charge in [-0.3, -0.25) is 4.79 Å². The van der Waals surface area contributed by atoms with Gasteiger partial charge in [-0.1, -0.05) is 18.5 Å². The van der Waals surface area contributed by atoms with Gasteiger partial charge in [0.15, 0.2) is 0 Å². The zero-order chi connectivity index (χ0) is 12.1. The third-order valence-corrected chi connectivity index (χ3v) is 3.12. The van der Waals surface area contributed by atoms with Crippen molar-refractivity contribution >= 4 is 33.4 Å². The molecule has 0 aliphatic heterocycles. The minimum Gasteiger partial charge on any atom is -0.394 e. The van der Waals surface area contributed by atoms with Crippen LogP contribution in [0.15, 0.2) is 22.7 Å². The van der Waals surface area contributed by atoms with Crippen LogP contribution in [0, 0.1) is 0 Å². The maximum absolute atomic E-state index is 11.8. The summed E-state index contributed by atoms with van der Waals surface area (Å²) in [6.07, 6.45) is 0.688. The Hall–Kier alpha value is -0.580. The lowest BCUT2D eigenvalue weighted by Crippen LogP contribution is -2.37. The van der Waals surface area contributed by atoms with Gasteiger partial charge in [-0.2, -0.15) is 0 Å². The Labute approximate surface area is 108 Å². The van der Waals surface area contributed by atoms with Gasteiger partial charge in [0, 0.05) is 9.50 Å². The molecule has 0 heterocycles. The van der Waals surface area contributed by atoms with Crippen LogP contribution in [0.2, 0.25) is 5.02 Å². The first-order valence-electron chi connectivity index (χ1n) is 4.95. The van der Waals surface area contributed by atoms with E-state index in [1.807, 2.05) is 6.92 Å². The van der Waals surface area contributed by atoms with Crippen LogP contribution in [0.25, 0.3) is 0 Å². The first-order chi connectivity index (χ1) is 7.58. The number of nitrogens with one attached hydrogen (secondary N) is 1. The van der Waals surface area contributed by atoms with Crippen LogP contribution in [0.3, 0.4) is 0 Å². The average molecular weight is 307 g/mol. The Balaban J connectivity index is 2.80. The molecule has 0 saturated carbocycles. The highest BCUT2D eigenvalue weighted by Crippen LogP contribution is 2.21. The zero-order valence-electron chi connectivity index (χ0n) is 8.84. The molecule has 2 N–H and O–H groups in total. The zero-order valence-corrected chi connectivity index (χ0v) is 11.2. The summed E-state index contributed by atoms with van der Waals surface area (Å²) in [5.41, 5.74) is 0.510. The van der Waals surface area contributed by atoms with Crippen molar-refractivity contribution in [2.45, 2.75) is 19.4 Å². The Morgan fingerprint density at radius 1 is 1.62 bits per heavy atom. The highest BCUT2D eigenvalue weighted by Gasteiger charge is 2.13. The summed E-state index contributed by atoms with van der Waals surface area (Å²) in [6, 6.07) is 4.75. The van der Waals surface area contributed by atoms with Crippen LogP contribution >= 0.6 is 27.5 Å². The SMILES string of the molecule is CC[C@@H](CO)NC(=O)c1ccc(Cl)cc1Br. The Morgan fingerprint density at radius 2 is 2.31 bits per heavy atom. The fourth-order valence-corrected chi connectivity index (χ4v) is 2.08. The molecule has 0 unspecified atom stereocenters. The van der Waals surface area contributed by atoms with Crippen LogP contribution in [-0.2, 0) is 0 Å². The molecule has 0 radical (unpaired) electrons. The van der Waals surface area contributed by atoms with Gasteiger partial charge in [-0.25, -0.2) is 0 Å². The van der Waals surface area contributed by atoms with Crippen molar-refractivity contribution in [2.75, 3.05) is 6.61 Å². The van der Waals surface area contributed by atoms with E-state index in [1.54, 1.807) is 18.2 Å². The van der Waals surface area contributed by atoms with Gasteiger partial charge >= 0.3 is 0 Å². The summed E-state index contributed by atoms with van der Waals surface area (Å²) in [7, 11) is 0. The Bertz CT molecular complexity index is 380. The molecule has 0 aromatic heterocycles. The molecule has 3 nitrogen and oxygen atoms in total. The van der Waals surface area contributed by atoms with Crippen molar-refractivity contribution in [2.24, 2.45) is 0 Å². The Kier molecular flexibility index (Phi) is 5.25. The molecule has 0 bridgehead atoms. The number of rotatable bonds is 4. The Morgan fingerprint density at radius 3 is 2.81 bits per heavy atom. The first kappa shape index (κ1) is 13.5. The highest BCUT2D eigenvalue weighted by molar-refractivity contribution is 9.10. The quantitative estimate of drug-likeness (QED) is 0.898. The summed E-state index contributed by atoms with van der Waals surface area (Å²) < 4.78 is 0.644. The number of carbonyl (C=O) groups is 1. The van der Waals surface area contributed by atoms with Crippen molar-refractivity contribution in [3.05, 3.63) is 33.3 Å². The summed E-state index contributed by atoms with van der Waals surface area (Å²) in [5.74, 6) is -0.218. The molecule has 0 aliphatic carbocycles. The average Bonchev–Trinajstić information content (AvgIpc) is 2.25. The third kappa shape index (κ3) is 3.47. The molecule has 88 valence electrons. The van der Waals surface area contributed by atoms with Crippen LogP contribution in [0.5, 0.6) is 0 Å². The maximum Gasteiger partial charge on any atom is 0.252 e. The van der Waals surface area contributed by atoms with Crippen LogP contribution < -0.4 is 5.32 Å². The predicted molar refractivity (Wildman–Crippen MR) is 67.8 cm³/mol. The molecule has 0 spiro atoms. The number of aliphatic hydroxyl groups excluding tert-OH is 1. The molecule has 1 atom stereocenters. The van der Waals surface area contributed by atoms with E-state index in [1.165, 1.54) is 0 Å². The second-order valence-electron chi connectivity index (χ2n) is 3.39. The van der Waals surface area contributed by atoms with Gasteiger partial charge in [0.2, 0.25) is 0 Å². The van der Waals surface area contributed by atoms with Gasteiger partial charge in [-0.05, 0) is 40.5 Å². The van der Waals surface area contributed by atoms with Crippen LogP contribution in [0.4, 0.5) is 0 Å². The monoisotopic (exact) mass is 305 g/mol. The number of benzene rings is 1. The molecular formula is C11H13BrClNO2. The number of halogens is 2. The van der Waals surface area contributed by atoms with E-state index < -0.39 is 0 Å².